The third-order valence-corrected chi connectivity index (χ3v) is 6.98. The van der Waals surface area contributed by atoms with E-state index in [0.29, 0.717) is 19.5 Å². The van der Waals surface area contributed by atoms with Gasteiger partial charge in [-0.3, -0.25) is 4.79 Å². The quantitative estimate of drug-likeness (QED) is 0.348. The number of carbonyl (C=O) groups is 1. The molecule has 168 valence electrons. The van der Waals surface area contributed by atoms with E-state index >= 15 is 0 Å². The lowest BCUT2D eigenvalue weighted by Gasteiger charge is -2.22. The highest BCUT2D eigenvalue weighted by Gasteiger charge is 2.22. The topological polar surface area (TPSA) is 67.6 Å². The van der Waals surface area contributed by atoms with E-state index in [4.69, 9.17) is 4.42 Å². The van der Waals surface area contributed by atoms with E-state index in [9.17, 15) is 13.2 Å². The molecule has 33 heavy (non-hydrogen) atoms. The Bertz CT molecular complexity index is 1280. The largest absolute Gasteiger partial charge is 0.455 e. The first-order valence-corrected chi connectivity index (χ1v) is 12.4. The molecule has 0 radical (unpaired) electrons. The maximum absolute atomic E-state index is 13.3. The molecule has 0 aliphatic carbocycles. The molecule has 6 heteroatoms. The second kappa shape index (κ2) is 10.3. The van der Waals surface area contributed by atoms with Gasteiger partial charge in [0.05, 0.1) is 4.90 Å². The molecule has 0 saturated heterocycles. The van der Waals surface area contributed by atoms with Crippen molar-refractivity contribution in [3.8, 4) is 0 Å². The van der Waals surface area contributed by atoms with Crippen LogP contribution in [-0.2, 0) is 28.6 Å². The Morgan fingerprint density at radius 3 is 1.94 bits per heavy atom. The minimum Gasteiger partial charge on any atom is -0.455 e. The molecule has 4 rings (SSSR count). The summed E-state index contributed by atoms with van der Waals surface area (Å²) in [6.07, 6.45) is 0.704. The van der Waals surface area contributed by atoms with Crippen LogP contribution in [-0.4, -0.2) is 25.8 Å². The number of rotatable bonds is 9. The molecule has 0 unspecified atom stereocenters. The van der Waals surface area contributed by atoms with Crippen molar-refractivity contribution >= 4 is 15.7 Å². The van der Waals surface area contributed by atoms with Crippen molar-refractivity contribution in [2.75, 3.05) is 6.54 Å². The third kappa shape index (κ3) is 5.99. The molecule has 0 atom stereocenters. The summed E-state index contributed by atoms with van der Waals surface area (Å²) in [5.74, 6) is -0.187. The zero-order chi connectivity index (χ0) is 23.1. The fraction of sp³-hybridized carbons (Fsp3) is 0.148. The van der Waals surface area contributed by atoms with Gasteiger partial charge in [0.1, 0.15) is 11.5 Å². The van der Waals surface area contributed by atoms with E-state index in [1.807, 2.05) is 60.7 Å². The smallest absolute Gasteiger partial charge is 0.289 e. The summed E-state index contributed by atoms with van der Waals surface area (Å²) in [6.45, 7) is 0.945. The van der Waals surface area contributed by atoms with Gasteiger partial charge in [-0.2, -0.15) is 0 Å². The fourth-order valence-electron chi connectivity index (χ4n) is 3.59. The molecular weight excluding hydrogens is 434 g/mol. The Labute approximate surface area is 194 Å². The Morgan fingerprint density at radius 2 is 1.30 bits per heavy atom. The first kappa shape index (κ1) is 22.6. The Hall–Kier alpha value is -3.64. The lowest BCUT2D eigenvalue weighted by molar-refractivity contribution is 0.0711. The molecule has 1 aromatic heterocycles. The van der Waals surface area contributed by atoms with Crippen molar-refractivity contribution in [1.29, 1.82) is 0 Å². The molecule has 0 aliphatic heterocycles. The maximum atomic E-state index is 13.3. The zero-order valence-electron chi connectivity index (χ0n) is 18.1. The van der Waals surface area contributed by atoms with Crippen LogP contribution in [0.4, 0.5) is 0 Å². The highest BCUT2D eigenvalue weighted by Crippen LogP contribution is 2.20. The number of hydrogen-bond acceptors (Lipinski definition) is 4. The van der Waals surface area contributed by atoms with E-state index in [2.05, 4.69) is 0 Å². The highest BCUT2D eigenvalue weighted by molar-refractivity contribution is 7.90. The summed E-state index contributed by atoms with van der Waals surface area (Å²) in [7, 11) is -3.56. The van der Waals surface area contributed by atoms with Gasteiger partial charge in [0, 0.05) is 13.1 Å². The van der Waals surface area contributed by atoms with Crippen LogP contribution in [0.3, 0.4) is 0 Å². The van der Waals surface area contributed by atoms with Crippen LogP contribution < -0.4 is 0 Å². The highest BCUT2D eigenvalue weighted by atomic mass is 32.2. The number of carbonyl (C=O) groups excluding carboxylic acids is 1. The average Bonchev–Trinajstić information content (AvgIpc) is 3.31. The summed E-state index contributed by atoms with van der Waals surface area (Å²) in [5.41, 5.74) is 2.15. The second-order valence-corrected chi connectivity index (χ2v) is 9.78. The van der Waals surface area contributed by atoms with Crippen LogP contribution in [0.5, 0.6) is 0 Å². The monoisotopic (exact) mass is 459 g/mol. The minimum atomic E-state index is -3.56. The molecule has 5 nitrogen and oxygen atoms in total. The van der Waals surface area contributed by atoms with Gasteiger partial charge >= 0.3 is 0 Å². The Morgan fingerprint density at radius 1 is 0.727 bits per heavy atom. The Balaban J connectivity index is 1.51. The molecule has 0 fully saturated rings. The van der Waals surface area contributed by atoms with Crippen molar-refractivity contribution in [1.82, 2.24) is 4.90 Å². The van der Waals surface area contributed by atoms with Crippen molar-refractivity contribution in [3.63, 3.8) is 0 Å². The number of furan rings is 1. The van der Waals surface area contributed by atoms with E-state index in [1.165, 1.54) is 0 Å². The molecule has 0 spiro atoms. The normalized spacial score (nSPS) is 11.3. The molecule has 3 aromatic carbocycles. The van der Waals surface area contributed by atoms with Gasteiger partial charge in [0.2, 0.25) is 0 Å². The van der Waals surface area contributed by atoms with Gasteiger partial charge in [-0.25, -0.2) is 8.42 Å². The first-order valence-electron chi connectivity index (χ1n) is 10.7. The summed E-state index contributed by atoms with van der Waals surface area (Å²) in [6, 6.07) is 31.1. The van der Waals surface area contributed by atoms with Crippen LogP contribution in [0.2, 0.25) is 0 Å². The van der Waals surface area contributed by atoms with E-state index in [0.717, 1.165) is 11.1 Å². The predicted octanol–water partition coefficient (Wildman–Crippen LogP) is 5.14. The lowest BCUT2D eigenvalue weighted by atomic mass is 10.1. The van der Waals surface area contributed by atoms with Crippen LogP contribution in [0.25, 0.3) is 0 Å². The number of hydrogen-bond donors (Lipinski definition) is 0. The molecule has 1 heterocycles. The van der Waals surface area contributed by atoms with Crippen LogP contribution in [0.1, 0.15) is 27.4 Å². The van der Waals surface area contributed by atoms with Crippen molar-refractivity contribution < 1.29 is 17.6 Å². The van der Waals surface area contributed by atoms with Crippen molar-refractivity contribution in [2.24, 2.45) is 0 Å². The number of amides is 1. The lowest BCUT2D eigenvalue weighted by Crippen LogP contribution is -2.32. The first-order chi connectivity index (χ1) is 16.0. The number of benzene rings is 3. The fourth-order valence-corrected chi connectivity index (χ4v) is 4.86. The van der Waals surface area contributed by atoms with Gasteiger partial charge in [-0.1, -0.05) is 78.9 Å². The van der Waals surface area contributed by atoms with Crippen molar-refractivity contribution in [3.05, 3.63) is 126 Å². The molecular formula is C27H25NO4S. The minimum absolute atomic E-state index is 0.136. The average molecular weight is 460 g/mol. The molecule has 0 bridgehead atoms. The molecule has 4 aromatic rings. The van der Waals surface area contributed by atoms with Crippen LogP contribution in [0.15, 0.2) is 112 Å². The Kier molecular flexibility index (Phi) is 7.05. The van der Waals surface area contributed by atoms with E-state index in [-0.39, 0.29) is 28.1 Å². The van der Waals surface area contributed by atoms with E-state index in [1.54, 1.807) is 47.4 Å². The summed E-state index contributed by atoms with van der Waals surface area (Å²) < 4.78 is 31.0. The molecule has 1 amide bonds. The standard InChI is InChI=1S/C27H25NO4S/c29-27(26-17-16-24(32-26)21-33(30,31)25-14-8-3-9-15-25)28(20-23-12-6-2-7-13-23)19-18-22-10-4-1-5-11-22/h1-17H,18-21H2. The zero-order valence-corrected chi connectivity index (χ0v) is 18.9. The van der Waals surface area contributed by atoms with Crippen LogP contribution in [0, 0.1) is 0 Å². The van der Waals surface area contributed by atoms with Gasteiger partial charge in [-0.05, 0) is 41.8 Å². The van der Waals surface area contributed by atoms with Crippen molar-refractivity contribution in [2.45, 2.75) is 23.6 Å². The third-order valence-electron chi connectivity index (χ3n) is 5.32. The predicted molar refractivity (Wildman–Crippen MR) is 127 cm³/mol. The molecule has 0 saturated carbocycles. The number of sulfone groups is 1. The van der Waals surface area contributed by atoms with Crippen LogP contribution >= 0.6 is 0 Å². The van der Waals surface area contributed by atoms with Gasteiger partial charge in [0.25, 0.3) is 5.91 Å². The summed E-state index contributed by atoms with van der Waals surface area (Å²) >= 11 is 0. The second-order valence-electron chi connectivity index (χ2n) is 7.79. The van der Waals surface area contributed by atoms with E-state index < -0.39 is 9.84 Å². The number of nitrogens with zero attached hydrogens (tertiary/aromatic N) is 1. The maximum Gasteiger partial charge on any atom is 0.289 e. The summed E-state index contributed by atoms with van der Waals surface area (Å²) in [5, 5.41) is 0. The molecule has 0 N–H and O–H groups in total. The molecule has 0 aliphatic rings. The summed E-state index contributed by atoms with van der Waals surface area (Å²) in [4.78, 5) is 15.3. The van der Waals surface area contributed by atoms with Gasteiger partial charge < -0.3 is 9.32 Å². The SMILES string of the molecule is O=C(c1ccc(CS(=O)(=O)c2ccccc2)o1)N(CCc1ccccc1)Cc1ccccc1. The van der Waals surface area contributed by atoms with Gasteiger partial charge in [-0.15, -0.1) is 0 Å². The van der Waals surface area contributed by atoms with Gasteiger partial charge in [0.15, 0.2) is 15.6 Å².